The van der Waals surface area contributed by atoms with Gasteiger partial charge in [-0.3, -0.25) is 10.1 Å². The molecule has 0 aliphatic rings. The van der Waals surface area contributed by atoms with E-state index < -0.39 is 0 Å². The molecular formula is C8H7N3OS. The smallest absolute Gasteiger partial charge is 0.268 e. The summed E-state index contributed by atoms with van der Waals surface area (Å²) >= 11 is 1.40. The summed E-state index contributed by atoms with van der Waals surface area (Å²) in [5.74, 6) is 0.336. The van der Waals surface area contributed by atoms with Gasteiger partial charge in [-0.2, -0.15) is 0 Å². The topological polar surface area (TPSA) is 57.8 Å². The fourth-order valence-corrected chi connectivity index (χ4v) is 1.53. The van der Waals surface area contributed by atoms with E-state index in [-0.39, 0.29) is 5.91 Å². The number of hydrogen-bond donors (Lipinski definition) is 2. The zero-order valence-corrected chi connectivity index (χ0v) is 7.47. The number of amides is 1. The van der Waals surface area contributed by atoms with Gasteiger partial charge in [-0.1, -0.05) is 6.07 Å². The minimum atomic E-state index is -0.134. The summed E-state index contributed by atoms with van der Waals surface area (Å²) in [6, 6.07) is 3.60. The van der Waals surface area contributed by atoms with Crippen LogP contribution in [0.3, 0.4) is 0 Å². The van der Waals surface area contributed by atoms with Crippen LogP contribution in [0.15, 0.2) is 29.9 Å². The first-order chi connectivity index (χ1) is 6.36. The third kappa shape index (κ3) is 1.75. The Balaban J connectivity index is 2.08. The first-order valence-corrected chi connectivity index (χ1v) is 4.58. The van der Waals surface area contributed by atoms with Crippen molar-refractivity contribution in [2.24, 2.45) is 0 Å². The van der Waals surface area contributed by atoms with Gasteiger partial charge in [0.2, 0.25) is 5.95 Å². The van der Waals surface area contributed by atoms with Crippen molar-refractivity contribution in [2.75, 3.05) is 5.32 Å². The predicted octanol–water partition coefficient (Wildman–Crippen LogP) is 1.72. The average Bonchev–Trinajstić information content (AvgIpc) is 2.74. The third-order valence-electron chi connectivity index (χ3n) is 1.48. The number of aromatic nitrogens is 2. The van der Waals surface area contributed by atoms with Crippen molar-refractivity contribution in [3.05, 3.63) is 34.8 Å². The zero-order valence-electron chi connectivity index (χ0n) is 6.65. The van der Waals surface area contributed by atoms with Gasteiger partial charge in [0.25, 0.3) is 5.91 Å². The Kier molecular flexibility index (Phi) is 2.09. The van der Waals surface area contributed by atoms with Gasteiger partial charge in [-0.05, 0) is 11.4 Å². The van der Waals surface area contributed by atoms with Crippen molar-refractivity contribution in [2.45, 2.75) is 0 Å². The number of hydrogen-bond acceptors (Lipinski definition) is 3. The van der Waals surface area contributed by atoms with E-state index in [9.17, 15) is 4.79 Å². The zero-order chi connectivity index (χ0) is 9.10. The van der Waals surface area contributed by atoms with Crippen LogP contribution < -0.4 is 5.32 Å². The number of carbonyl (C=O) groups excluding carboxylic acids is 1. The quantitative estimate of drug-likeness (QED) is 0.763. The van der Waals surface area contributed by atoms with Gasteiger partial charge in [0, 0.05) is 12.4 Å². The van der Waals surface area contributed by atoms with Gasteiger partial charge < -0.3 is 4.98 Å². The highest BCUT2D eigenvalue weighted by atomic mass is 32.1. The third-order valence-corrected chi connectivity index (χ3v) is 2.34. The number of imidazole rings is 1. The van der Waals surface area contributed by atoms with E-state index in [1.807, 2.05) is 11.4 Å². The molecule has 0 fully saturated rings. The molecule has 2 N–H and O–H groups in total. The second kappa shape index (κ2) is 3.40. The lowest BCUT2D eigenvalue weighted by Gasteiger charge is -1.97. The number of H-pyrrole nitrogens is 1. The molecule has 13 heavy (non-hydrogen) atoms. The Bertz CT molecular complexity index is 379. The second-order valence-corrected chi connectivity index (χ2v) is 3.32. The van der Waals surface area contributed by atoms with Crippen molar-refractivity contribution in [3.63, 3.8) is 0 Å². The first-order valence-electron chi connectivity index (χ1n) is 3.70. The van der Waals surface area contributed by atoms with Crippen LogP contribution in [-0.2, 0) is 0 Å². The van der Waals surface area contributed by atoms with E-state index in [1.165, 1.54) is 11.3 Å². The SMILES string of the molecule is O=C(Nc1ncc[nH]1)c1cccs1. The molecule has 1 amide bonds. The van der Waals surface area contributed by atoms with Crippen LogP contribution in [0.2, 0.25) is 0 Å². The summed E-state index contributed by atoms with van der Waals surface area (Å²) in [5, 5.41) is 4.49. The van der Waals surface area contributed by atoms with E-state index in [4.69, 9.17) is 0 Å². The molecule has 2 heterocycles. The highest BCUT2D eigenvalue weighted by Crippen LogP contribution is 2.09. The molecule has 2 aromatic heterocycles. The van der Waals surface area contributed by atoms with Crippen LogP contribution in [-0.4, -0.2) is 15.9 Å². The first kappa shape index (κ1) is 8.00. The monoisotopic (exact) mass is 193 g/mol. The predicted molar refractivity (Wildman–Crippen MR) is 50.9 cm³/mol. The molecule has 0 spiro atoms. The van der Waals surface area contributed by atoms with E-state index in [0.29, 0.717) is 10.8 Å². The van der Waals surface area contributed by atoms with Gasteiger partial charge in [-0.25, -0.2) is 4.98 Å². The molecule has 2 rings (SSSR count). The Morgan fingerprint density at radius 2 is 2.54 bits per heavy atom. The Hall–Kier alpha value is -1.62. The molecule has 0 radical (unpaired) electrons. The van der Waals surface area contributed by atoms with Crippen molar-refractivity contribution in [3.8, 4) is 0 Å². The van der Waals surface area contributed by atoms with Crippen LogP contribution >= 0.6 is 11.3 Å². The molecule has 0 unspecified atom stereocenters. The van der Waals surface area contributed by atoms with Crippen molar-refractivity contribution in [1.29, 1.82) is 0 Å². The largest absolute Gasteiger partial charge is 0.331 e. The summed E-state index contributed by atoms with van der Waals surface area (Å²) in [6.45, 7) is 0. The molecule has 0 saturated carbocycles. The fourth-order valence-electron chi connectivity index (χ4n) is 0.911. The number of aromatic amines is 1. The maximum Gasteiger partial charge on any atom is 0.268 e. The summed E-state index contributed by atoms with van der Waals surface area (Å²) in [7, 11) is 0. The normalized spacial score (nSPS) is 9.85. The number of nitrogens with one attached hydrogen (secondary N) is 2. The Morgan fingerprint density at radius 1 is 1.62 bits per heavy atom. The fraction of sp³-hybridized carbons (Fsp3) is 0. The average molecular weight is 193 g/mol. The molecule has 0 saturated heterocycles. The van der Waals surface area contributed by atoms with Gasteiger partial charge >= 0.3 is 0 Å². The van der Waals surface area contributed by atoms with Gasteiger partial charge in [0.15, 0.2) is 0 Å². The van der Waals surface area contributed by atoms with Crippen molar-refractivity contribution < 1.29 is 4.79 Å². The minimum Gasteiger partial charge on any atom is -0.331 e. The van der Waals surface area contributed by atoms with Crippen LogP contribution in [0.1, 0.15) is 9.67 Å². The Labute approximate surface area is 78.6 Å². The summed E-state index contributed by atoms with van der Waals surface area (Å²) in [6.07, 6.45) is 3.24. The van der Waals surface area contributed by atoms with Crippen LogP contribution in [0.4, 0.5) is 5.95 Å². The molecule has 66 valence electrons. The Morgan fingerprint density at radius 3 is 3.15 bits per heavy atom. The molecule has 0 atom stereocenters. The maximum absolute atomic E-state index is 11.4. The number of rotatable bonds is 2. The molecule has 2 aromatic rings. The molecule has 0 aliphatic carbocycles. The molecule has 0 aliphatic heterocycles. The highest BCUT2D eigenvalue weighted by molar-refractivity contribution is 7.12. The molecule has 5 heteroatoms. The second-order valence-electron chi connectivity index (χ2n) is 2.37. The lowest BCUT2D eigenvalue weighted by atomic mass is 10.4. The molecule has 0 aromatic carbocycles. The number of nitrogens with zero attached hydrogens (tertiary/aromatic N) is 1. The lowest BCUT2D eigenvalue weighted by molar-refractivity contribution is 0.103. The summed E-state index contributed by atoms with van der Waals surface area (Å²) in [5.41, 5.74) is 0. The molecular weight excluding hydrogens is 186 g/mol. The summed E-state index contributed by atoms with van der Waals surface area (Å²) in [4.78, 5) is 18.8. The summed E-state index contributed by atoms with van der Waals surface area (Å²) < 4.78 is 0. The van der Waals surface area contributed by atoms with Gasteiger partial charge in [-0.15, -0.1) is 11.3 Å². The molecule has 0 bridgehead atoms. The minimum absolute atomic E-state index is 0.134. The van der Waals surface area contributed by atoms with E-state index in [2.05, 4.69) is 15.3 Å². The molecule has 4 nitrogen and oxygen atoms in total. The number of carbonyl (C=O) groups is 1. The maximum atomic E-state index is 11.4. The van der Waals surface area contributed by atoms with E-state index in [0.717, 1.165) is 0 Å². The number of thiophene rings is 1. The highest BCUT2D eigenvalue weighted by Gasteiger charge is 2.06. The van der Waals surface area contributed by atoms with E-state index in [1.54, 1.807) is 18.5 Å². The van der Waals surface area contributed by atoms with Crippen molar-refractivity contribution in [1.82, 2.24) is 9.97 Å². The number of anilines is 1. The van der Waals surface area contributed by atoms with Crippen LogP contribution in [0.5, 0.6) is 0 Å². The standard InChI is InChI=1S/C8H7N3OS/c12-7(6-2-1-5-13-6)11-8-9-3-4-10-8/h1-5H,(H2,9,10,11,12). The van der Waals surface area contributed by atoms with Crippen LogP contribution in [0.25, 0.3) is 0 Å². The van der Waals surface area contributed by atoms with E-state index >= 15 is 0 Å². The van der Waals surface area contributed by atoms with Crippen LogP contribution in [0, 0.1) is 0 Å². The van der Waals surface area contributed by atoms with Gasteiger partial charge in [0.1, 0.15) is 0 Å². The van der Waals surface area contributed by atoms with Crippen molar-refractivity contribution >= 4 is 23.2 Å². The lowest BCUT2D eigenvalue weighted by Crippen LogP contribution is -2.10. The van der Waals surface area contributed by atoms with Gasteiger partial charge in [0.05, 0.1) is 4.88 Å².